The molecule has 2 heteroatoms. The third-order valence-electron chi connectivity index (χ3n) is 0.558. The molecule has 0 heterocycles. The molecule has 32 valence electrons. The first-order chi connectivity index (χ1) is 2.41. The van der Waals surface area contributed by atoms with Crippen molar-refractivity contribution in [2.45, 2.75) is 11.7 Å². The molecule has 0 atom stereocenters. The zero-order valence-electron chi connectivity index (χ0n) is 3.70. The molecule has 2 N–H and O–H groups in total. The van der Waals surface area contributed by atoms with Gasteiger partial charge < -0.3 is 0 Å². The summed E-state index contributed by atoms with van der Waals surface area (Å²) in [5.74, 6) is 0. The summed E-state index contributed by atoms with van der Waals surface area (Å²) >= 11 is 1.03. The molecule has 0 saturated heterocycles. The Morgan fingerprint density at radius 2 is 2.20 bits per heavy atom. The summed E-state index contributed by atoms with van der Waals surface area (Å²) in [6.07, 6.45) is 1.25. The molecule has 1 nitrogen and oxygen atoms in total. The van der Waals surface area contributed by atoms with Crippen LogP contribution in [0.3, 0.4) is 0 Å². The average Bonchev–Trinajstić information content (AvgIpc) is 1.41. The molecule has 0 radical (unpaired) electrons. The van der Waals surface area contributed by atoms with E-state index in [4.69, 9.17) is 5.73 Å². The van der Waals surface area contributed by atoms with Crippen LogP contribution in [0.1, 0.15) is 6.42 Å². The average molecular weight is 134 g/mol. The van der Waals surface area contributed by atoms with Gasteiger partial charge in [-0.15, -0.1) is 0 Å². The first-order valence-corrected chi connectivity index (χ1v) is 5.08. The molecule has 0 fully saturated rings. The standard InChI is InChI=1S/C3H11GeN/c4-2-1-3-5/h1-3,5H2,4H3. The third kappa shape index (κ3) is 4.50. The fourth-order valence-electron chi connectivity index (χ4n) is 0.204. The van der Waals surface area contributed by atoms with Crippen LogP contribution in [-0.4, -0.2) is 23.1 Å². The summed E-state index contributed by atoms with van der Waals surface area (Å²) in [6, 6.07) is 0. The van der Waals surface area contributed by atoms with E-state index in [0.717, 1.165) is 23.1 Å². The second kappa shape index (κ2) is 4.50. The van der Waals surface area contributed by atoms with E-state index >= 15 is 0 Å². The molecule has 0 unspecified atom stereocenters. The van der Waals surface area contributed by atoms with Gasteiger partial charge in [-0.2, -0.15) is 0 Å². The minimum absolute atomic E-state index is 0.891. The van der Waals surface area contributed by atoms with E-state index < -0.39 is 0 Å². The summed E-state index contributed by atoms with van der Waals surface area (Å²) in [6.45, 7) is 0.891. The molecule has 0 aromatic carbocycles. The normalized spacial score (nSPS) is 9.00. The van der Waals surface area contributed by atoms with E-state index in [-0.39, 0.29) is 0 Å². The van der Waals surface area contributed by atoms with Crippen LogP contribution in [0.2, 0.25) is 5.25 Å². The second-order valence-electron chi connectivity index (χ2n) is 1.14. The molecule has 0 saturated carbocycles. The van der Waals surface area contributed by atoms with E-state index in [0.29, 0.717) is 0 Å². The number of nitrogens with two attached hydrogens (primary N) is 1. The Morgan fingerprint density at radius 3 is 2.20 bits per heavy atom. The quantitative estimate of drug-likeness (QED) is 0.487. The number of rotatable bonds is 2. The maximum absolute atomic E-state index is 5.17. The second-order valence-corrected chi connectivity index (χ2v) is 3.24. The Hall–Kier alpha value is 0.503. The molecule has 0 aliphatic heterocycles. The van der Waals surface area contributed by atoms with Gasteiger partial charge in [0.25, 0.3) is 0 Å². The molecular formula is C3H11GeN. The first kappa shape index (κ1) is 5.50. The van der Waals surface area contributed by atoms with Crippen LogP contribution in [0.4, 0.5) is 0 Å². The van der Waals surface area contributed by atoms with E-state index in [2.05, 4.69) is 0 Å². The zero-order chi connectivity index (χ0) is 4.12. The van der Waals surface area contributed by atoms with Crippen molar-refractivity contribution in [3.63, 3.8) is 0 Å². The molecule has 0 bridgehead atoms. The fourth-order valence-corrected chi connectivity index (χ4v) is 1.06. The van der Waals surface area contributed by atoms with Crippen molar-refractivity contribution in [3.05, 3.63) is 0 Å². The molecule has 0 aliphatic carbocycles. The summed E-state index contributed by atoms with van der Waals surface area (Å²) in [4.78, 5) is 0. The Morgan fingerprint density at radius 1 is 1.60 bits per heavy atom. The molecular weight excluding hydrogens is 123 g/mol. The molecule has 0 spiro atoms. The SMILES string of the molecule is NCC[CH2][GeH3]. The number of hydrogen-bond acceptors (Lipinski definition) is 1. The van der Waals surface area contributed by atoms with Gasteiger partial charge in [0.2, 0.25) is 0 Å². The Labute approximate surface area is 41.2 Å². The maximum atomic E-state index is 5.17. The van der Waals surface area contributed by atoms with Crippen LogP contribution in [0.15, 0.2) is 0 Å². The van der Waals surface area contributed by atoms with Gasteiger partial charge in [-0.3, -0.25) is 0 Å². The van der Waals surface area contributed by atoms with E-state index in [1.165, 1.54) is 11.7 Å². The monoisotopic (exact) mass is 135 g/mol. The van der Waals surface area contributed by atoms with Gasteiger partial charge in [-0.1, -0.05) is 0 Å². The zero-order valence-corrected chi connectivity index (χ0v) is 7.89. The van der Waals surface area contributed by atoms with Gasteiger partial charge in [0, 0.05) is 0 Å². The van der Waals surface area contributed by atoms with Gasteiger partial charge in [-0.25, -0.2) is 0 Å². The van der Waals surface area contributed by atoms with Gasteiger partial charge in [0.15, 0.2) is 0 Å². The van der Waals surface area contributed by atoms with Crippen LogP contribution in [0.25, 0.3) is 0 Å². The Kier molecular flexibility index (Phi) is 4.96. The molecule has 0 rings (SSSR count). The van der Waals surface area contributed by atoms with Crippen molar-refractivity contribution >= 4 is 16.5 Å². The van der Waals surface area contributed by atoms with E-state index in [1.807, 2.05) is 0 Å². The predicted octanol–water partition coefficient (Wildman–Crippen LogP) is -0.881. The van der Waals surface area contributed by atoms with Gasteiger partial charge >= 0.3 is 40.5 Å². The first-order valence-electron chi connectivity index (χ1n) is 2.12. The van der Waals surface area contributed by atoms with Crippen LogP contribution < -0.4 is 5.73 Å². The topological polar surface area (TPSA) is 26.0 Å². The molecule has 0 aliphatic rings. The summed E-state index contributed by atoms with van der Waals surface area (Å²) in [7, 11) is 0. The van der Waals surface area contributed by atoms with Gasteiger partial charge in [0.05, 0.1) is 0 Å². The fraction of sp³-hybridized carbons (Fsp3) is 1.00. The summed E-state index contributed by atoms with van der Waals surface area (Å²) in [5, 5.41) is 1.41. The molecule has 0 aromatic heterocycles. The summed E-state index contributed by atoms with van der Waals surface area (Å²) in [5.41, 5.74) is 5.17. The summed E-state index contributed by atoms with van der Waals surface area (Å²) < 4.78 is 0. The minimum atomic E-state index is 0.891. The van der Waals surface area contributed by atoms with Crippen LogP contribution in [0, 0.1) is 0 Å². The van der Waals surface area contributed by atoms with Crippen molar-refractivity contribution < 1.29 is 0 Å². The molecule has 5 heavy (non-hydrogen) atoms. The Bertz CT molecular complexity index is 14.4. The van der Waals surface area contributed by atoms with Crippen molar-refractivity contribution in [2.24, 2.45) is 5.73 Å². The van der Waals surface area contributed by atoms with Crippen molar-refractivity contribution in [2.75, 3.05) is 6.54 Å². The van der Waals surface area contributed by atoms with Gasteiger partial charge in [0.1, 0.15) is 0 Å². The molecule has 0 aromatic rings. The van der Waals surface area contributed by atoms with E-state index in [1.54, 1.807) is 0 Å². The Balaban J connectivity index is 2.19. The number of hydrogen-bond donors (Lipinski definition) is 1. The third-order valence-corrected chi connectivity index (χ3v) is 2.04. The van der Waals surface area contributed by atoms with Crippen molar-refractivity contribution in [1.82, 2.24) is 0 Å². The van der Waals surface area contributed by atoms with Crippen LogP contribution >= 0.6 is 0 Å². The molecule has 0 amide bonds. The van der Waals surface area contributed by atoms with Crippen LogP contribution in [0.5, 0.6) is 0 Å². The van der Waals surface area contributed by atoms with Crippen LogP contribution in [-0.2, 0) is 0 Å². The van der Waals surface area contributed by atoms with E-state index in [9.17, 15) is 0 Å². The van der Waals surface area contributed by atoms with Crippen molar-refractivity contribution in [1.29, 1.82) is 0 Å². The van der Waals surface area contributed by atoms with Gasteiger partial charge in [-0.05, 0) is 0 Å². The van der Waals surface area contributed by atoms with Crippen molar-refractivity contribution in [3.8, 4) is 0 Å². The predicted molar refractivity (Wildman–Crippen MR) is 28.4 cm³/mol.